The third kappa shape index (κ3) is 2.47. The Labute approximate surface area is 109 Å². The maximum Gasteiger partial charge on any atom is 0.0493 e. The van der Waals surface area contributed by atoms with Crippen molar-refractivity contribution in [3.63, 3.8) is 0 Å². The maximum atomic E-state index is 3.55. The van der Waals surface area contributed by atoms with Crippen LogP contribution in [-0.4, -0.2) is 0 Å². The number of benzene rings is 1. The molecule has 0 spiro atoms. The highest BCUT2D eigenvalue weighted by Gasteiger charge is 2.07. The highest BCUT2D eigenvalue weighted by molar-refractivity contribution is 9.10. The summed E-state index contributed by atoms with van der Waals surface area (Å²) in [5.74, 6) is 0. The molecule has 0 aliphatic carbocycles. The van der Waals surface area contributed by atoms with Crippen LogP contribution in [0.1, 0.15) is 24.1 Å². The highest BCUT2D eigenvalue weighted by Crippen LogP contribution is 2.27. The largest absolute Gasteiger partial charge is 0.378 e. The summed E-state index contributed by atoms with van der Waals surface area (Å²) < 4.78 is 1.15. The molecule has 1 aromatic heterocycles. The quantitative estimate of drug-likeness (QED) is 0.841. The van der Waals surface area contributed by atoms with Crippen LogP contribution < -0.4 is 5.32 Å². The Bertz CT molecular complexity index is 465. The van der Waals surface area contributed by atoms with Crippen molar-refractivity contribution < 1.29 is 0 Å². The van der Waals surface area contributed by atoms with Gasteiger partial charge in [0.1, 0.15) is 0 Å². The minimum Gasteiger partial charge on any atom is -0.378 e. The molecule has 1 atom stereocenters. The third-order valence-electron chi connectivity index (χ3n) is 2.68. The summed E-state index contributed by atoms with van der Waals surface area (Å²) in [4.78, 5) is 0. The van der Waals surface area contributed by atoms with Crippen molar-refractivity contribution in [1.82, 2.24) is 0 Å². The van der Waals surface area contributed by atoms with E-state index in [4.69, 9.17) is 0 Å². The summed E-state index contributed by atoms with van der Waals surface area (Å²) in [6.07, 6.45) is 0. The number of nitrogens with one attached hydrogen (secondary N) is 1. The molecule has 84 valence electrons. The molecule has 1 unspecified atom stereocenters. The molecular weight excluding hydrogens is 282 g/mol. The molecule has 0 aliphatic rings. The van der Waals surface area contributed by atoms with E-state index in [1.807, 2.05) is 0 Å². The van der Waals surface area contributed by atoms with Crippen LogP contribution >= 0.6 is 27.3 Å². The van der Waals surface area contributed by atoms with Gasteiger partial charge >= 0.3 is 0 Å². The standard InChI is InChI=1S/C13H14BrNS/c1-9-12(14)4-3-5-13(9)15-10(2)11-6-7-16-8-11/h3-8,10,15H,1-2H3. The molecule has 2 rings (SSSR count). The summed E-state index contributed by atoms with van der Waals surface area (Å²) >= 11 is 5.28. The van der Waals surface area contributed by atoms with Crippen LogP contribution in [0.3, 0.4) is 0 Å². The number of halogens is 1. The Balaban J connectivity index is 2.18. The van der Waals surface area contributed by atoms with E-state index in [0.29, 0.717) is 6.04 Å². The predicted molar refractivity (Wildman–Crippen MR) is 75.2 cm³/mol. The minimum absolute atomic E-state index is 0.347. The van der Waals surface area contributed by atoms with Crippen LogP contribution in [0.15, 0.2) is 39.5 Å². The second-order valence-corrected chi connectivity index (χ2v) is 5.47. The second kappa shape index (κ2) is 5.02. The molecule has 16 heavy (non-hydrogen) atoms. The van der Waals surface area contributed by atoms with Crippen LogP contribution in [0.4, 0.5) is 5.69 Å². The summed E-state index contributed by atoms with van der Waals surface area (Å²) in [5.41, 5.74) is 3.78. The van der Waals surface area contributed by atoms with Crippen molar-refractivity contribution in [2.75, 3.05) is 5.32 Å². The van der Waals surface area contributed by atoms with Gasteiger partial charge in [-0.3, -0.25) is 0 Å². The van der Waals surface area contributed by atoms with Crippen LogP contribution in [0.25, 0.3) is 0 Å². The Morgan fingerprint density at radius 1 is 1.31 bits per heavy atom. The maximum absolute atomic E-state index is 3.55. The number of thiophene rings is 1. The van der Waals surface area contributed by atoms with Gasteiger partial charge in [0.25, 0.3) is 0 Å². The number of anilines is 1. The van der Waals surface area contributed by atoms with E-state index in [2.05, 4.69) is 70.1 Å². The molecule has 1 aromatic carbocycles. The molecule has 0 aliphatic heterocycles. The SMILES string of the molecule is Cc1c(Br)cccc1NC(C)c1ccsc1. The minimum atomic E-state index is 0.347. The van der Waals surface area contributed by atoms with Gasteiger partial charge in [-0.15, -0.1) is 0 Å². The van der Waals surface area contributed by atoms with E-state index in [0.717, 1.165) is 4.47 Å². The van der Waals surface area contributed by atoms with Gasteiger partial charge < -0.3 is 5.32 Å². The van der Waals surface area contributed by atoms with Crippen LogP contribution in [0.5, 0.6) is 0 Å². The van der Waals surface area contributed by atoms with Crippen LogP contribution in [-0.2, 0) is 0 Å². The van der Waals surface area contributed by atoms with E-state index in [1.54, 1.807) is 11.3 Å². The number of hydrogen-bond donors (Lipinski definition) is 1. The lowest BCUT2D eigenvalue weighted by molar-refractivity contribution is 0.888. The van der Waals surface area contributed by atoms with Gasteiger partial charge in [-0.1, -0.05) is 22.0 Å². The first-order valence-electron chi connectivity index (χ1n) is 5.22. The van der Waals surface area contributed by atoms with E-state index in [9.17, 15) is 0 Å². The first kappa shape index (κ1) is 11.7. The molecule has 0 saturated heterocycles. The van der Waals surface area contributed by atoms with E-state index < -0.39 is 0 Å². The smallest absolute Gasteiger partial charge is 0.0493 e. The predicted octanol–water partition coefficient (Wildman–Crippen LogP) is 4.99. The molecule has 0 radical (unpaired) electrons. The first-order chi connectivity index (χ1) is 7.68. The van der Waals surface area contributed by atoms with Crippen molar-refractivity contribution >= 4 is 33.0 Å². The monoisotopic (exact) mass is 295 g/mol. The van der Waals surface area contributed by atoms with Crippen LogP contribution in [0.2, 0.25) is 0 Å². The molecule has 3 heteroatoms. The molecule has 2 aromatic rings. The number of hydrogen-bond acceptors (Lipinski definition) is 2. The lowest BCUT2D eigenvalue weighted by Crippen LogP contribution is -2.06. The van der Waals surface area contributed by atoms with Crippen molar-refractivity contribution in [2.24, 2.45) is 0 Å². The topological polar surface area (TPSA) is 12.0 Å². The van der Waals surface area contributed by atoms with Gasteiger partial charge in [-0.2, -0.15) is 11.3 Å². The van der Waals surface area contributed by atoms with Crippen molar-refractivity contribution in [3.05, 3.63) is 50.6 Å². The molecule has 0 amide bonds. The highest BCUT2D eigenvalue weighted by atomic mass is 79.9. The summed E-state index contributed by atoms with van der Waals surface area (Å²) in [5, 5.41) is 7.83. The fourth-order valence-electron chi connectivity index (χ4n) is 1.60. The fourth-order valence-corrected chi connectivity index (χ4v) is 2.72. The number of rotatable bonds is 3. The fraction of sp³-hybridized carbons (Fsp3) is 0.231. The van der Waals surface area contributed by atoms with Crippen LogP contribution in [0, 0.1) is 6.92 Å². The van der Waals surface area contributed by atoms with E-state index in [-0.39, 0.29) is 0 Å². The normalized spacial score (nSPS) is 12.4. The average molecular weight is 296 g/mol. The van der Waals surface area contributed by atoms with Crippen molar-refractivity contribution in [3.8, 4) is 0 Å². The van der Waals surface area contributed by atoms with Gasteiger partial charge in [-0.05, 0) is 53.9 Å². The summed E-state index contributed by atoms with van der Waals surface area (Å²) in [7, 11) is 0. The summed E-state index contributed by atoms with van der Waals surface area (Å²) in [6.45, 7) is 4.30. The van der Waals surface area contributed by atoms with Gasteiger partial charge in [-0.25, -0.2) is 0 Å². The molecule has 0 bridgehead atoms. The first-order valence-corrected chi connectivity index (χ1v) is 6.96. The molecule has 1 N–H and O–H groups in total. The lowest BCUT2D eigenvalue weighted by atomic mass is 10.1. The Kier molecular flexibility index (Phi) is 3.66. The Morgan fingerprint density at radius 3 is 2.81 bits per heavy atom. The Morgan fingerprint density at radius 2 is 2.12 bits per heavy atom. The van der Waals surface area contributed by atoms with Gasteiger partial charge in [0.15, 0.2) is 0 Å². The van der Waals surface area contributed by atoms with Crippen molar-refractivity contribution in [2.45, 2.75) is 19.9 Å². The third-order valence-corrected chi connectivity index (χ3v) is 4.24. The molecule has 0 saturated carbocycles. The van der Waals surface area contributed by atoms with E-state index >= 15 is 0 Å². The van der Waals surface area contributed by atoms with Crippen molar-refractivity contribution in [1.29, 1.82) is 0 Å². The zero-order chi connectivity index (χ0) is 11.5. The molecule has 0 fully saturated rings. The Hall–Kier alpha value is -0.800. The van der Waals surface area contributed by atoms with Gasteiger partial charge in [0.05, 0.1) is 0 Å². The molecule has 1 nitrogen and oxygen atoms in total. The summed E-state index contributed by atoms with van der Waals surface area (Å²) in [6, 6.07) is 8.74. The zero-order valence-electron chi connectivity index (χ0n) is 9.33. The zero-order valence-corrected chi connectivity index (χ0v) is 11.7. The lowest BCUT2D eigenvalue weighted by Gasteiger charge is -2.16. The van der Waals surface area contributed by atoms with Gasteiger partial charge in [0, 0.05) is 16.2 Å². The molecular formula is C13H14BrNS. The second-order valence-electron chi connectivity index (χ2n) is 3.84. The average Bonchev–Trinajstić information content (AvgIpc) is 2.78. The molecule has 1 heterocycles. The van der Waals surface area contributed by atoms with E-state index in [1.165, 1.54) is 16.8 Å². The van der Waals surface area contributed by atoms with Gasteiger partial charge in [0.2, 0.25) is 0 Å².